The van der Waals surface area contributed by atoms with Crippen LogP contribution in [0.15, 0.2) is 46.6 Å². The lowest BCUT2D eigenvalue weighted by Crippen LogP contribution is -2.19. The Morgan fingerprint density at radius 1 is 1.27 bits per heavy atom. The van der Waals surface area contributed by atoms with Gasteiger partial charge in [0.25, 0.3) is 0 Å². The Balaban J connectivity index is 1.42. The van der Waals surface area contributed by atoms with Crippen molar-refractivity contribution in [2.45, 2.75) is 18.9 Å². The van der Waals surface area contributed by atoms with Crippen molar-refractivity contribution in [1.82, 2.24) is 20.0 Å². The van der Waals surface area contributed by atoms with Crippen molar-refractivity contribution in [1.29, 1.82) is 0 Å². The first-order valence-corrected chi connectivity index (χ1v) is 8.25. The maximum absolute atomic E-state index is 5.48. The highest BCUT2D eigenvalue weighted by Gasteiger charge is 2.28. The molecule has 5 nitrogen and oxygen atoms in total. The summed E-state index contributed by atoms with van der Waals surface area (Å²) in [6.07, 6.45) is 4.75. The van der Waals surface area contributed by atoms with E-state index in [0.717, 1.165) is 36.8 Å². The minimum absolute atomic E-state index is 0.336. The molecule has 0 radical (unpaired) electrons. The number of hydrogen-bond donors (Lipinski definition) is 0. The number of hydrogen-bond acceptors (Lipinski definition) is 6. The maximum atomic E-state index is 5.48. The molecule has 112 valence electrons. The molecule has 3 aromatic rings. The second kappa shape index (κ2) is 5.98. The molecular weight excluding hydrogens is 296 g/mol. The van der Waals surface area contributed by atoms with Gasteiger partial charge in [0.1, 0.15) is 0 Å². The molecule has 0 N–H and O–H groups in total. The normalized spacial score (nSPS) is 18.8. The van der Waals surface area contributed by atoms with Crippen LogP contribution in [0.3, 0.4) is 0 Å². The van der Waals surface area contributed by atoms with Crippen molar-refractivity contribution < 1.29 is 4.52 Å². The molecule has 1 aliphatic heterocycles. The van der Waals surface area contributed by atoms with Gasteiger partial charge < -0.3 is 4.52 Å². The van der Waals surface area contributed by atoms with Crippen LogP contribution in [0, 0.1) is 0 Å². The highest BCUT2D eigenvalue weighted by atomic mass is 32.1. The fourth-order valence-electron chi connectivity index (χ4n) is 2.83. The predicted molar refractivity (Wildman–Crippen MR) is 84.5 cm³/mol. The molecule has 4 heterocycles. The van der Waals surface area contributed by atoms with Crippen molar-refractivity contribution in [2.24, 2.45) is 0 Å². The summed E-state index contributed by atoms with van der Waals surface area (Å²) in [4.78, 5) is 12.1. The van der Waals surface area contributed by atoms with E-state index in [-0.39, 0.29) is 0 Å². The first kappa shape index (κ1) is 13.6. The summed E-state index contributed by atoms with van der Waals surface area (Å²) in [6.45, 7) is 2.98. The van der Waals surface area contributed by atoms with Crippen LogP contribution >= 0.6 is 11.3 Å². The summed E-state index contributed by atoms with van der Waals surface area (Å²) in [5.41, 5.74) is 1.29. The van der Waals surface area contributed by atoms with Crippen molar-refractivity contribution >= 4 is 11.3 Å². The van der Waals surface area contributed by atoms with Gasteiger partial charge >= 0.3 is 0 Å². The molecule has 0 aliphatic carbocycles. The van der Waals surface area contributed by atoms with Gasteiger partial charge in [0.15, 0.2) is 0 Å². The Morgan fingerprint density at radius 3 is 3.00 bits per heavy atom. The molecule has 0 saturated carbocycles. The van der Waals surface area contributed by atoms with Crippen LogP contribution in [0.5, 0.6) is 0 Å². The quantitative estimate of drug-likeness (QED) is 0.740. The average Bonchev–Trinajstić information content (AvgIpc) is 3.29. The van der Waals surface area contributed by atoms with Crippen molar-refractivity contribution in [2.75, 3.05) is 13.1 Å². The van der Waals surface area contributed by atoms with Crippen LogP contribution in [0.4, 0.5) is 0 Å². The zero-order valence-corrected chi connectivity index (χ0v) is 12.9. The van der Waals surface area contributed by atoms with Gasteiger partial charge in [-0.05, 0) is 42.1 Å². The van der Waals surface area contributed by atoms with Crippen molar-refractivity contribution in [3.05, 3.63) is 53.5 Å². The number of aromatic nitrogens is 3. The zero-order valence-electron chi connectivity index (χ0n) is 12.1. The molecule has 0 bridgehead atoms. The zero-order chi connectivity index (χ0) is 14.8. The Labute approximate surface area is 132 Å². The van der Waals surface area contributed by atoms with Crippen LogP contribution < -0.4 is 0 Å². The van der Waals surface area contributed by atoms with E-state index in [2.05, 4.69) is 32.2 Å². The van der Waals surface area contributed by atoms with E-state index in [9.17, 15) is 0 Å². The summed E-state index contributed by atoms with van der Waals surface area (Å²) >= 11 is 1.63. The molecule has 1 fully saturated rings. The first-order valence-electron chi connectivity index (χ1n) is 7.37. The third kappa shape index (κ3) is 2.80. The van der Waals surface area contributed by atoms with E-state index in [4.69, 9.17) is 4.52 Å². The lowest BCUT2D eigenvalue weighted by Gasteiger charge is -2.14. The number of likely N-dealkylation sites (tertiary alicyclic amines) is 1. The van der Waals surface area contributed by atoms with Gasteiger partial charge in [0.05, 0.1) is 10.8 Å². The Hall–Kier alpha value is -2.05. The molecular formula is C16H16N4OS. The number of thiophene rings is 1. The molecule has 4 rings (SSSR count). The molecule has 0 unspecified atom stereocenters. The summed E-state index contributed by atoms with van der Waals surface area (Å²) in [5.74, 6) is 1.81. The van der Waals surface area contributed by atoms with Crippen LogP contribution in [-0.2, 0) is 6.54 Å². The molecule has 3 aromatic heterocycles. The van der Waals surface area contributed by atoms with Crippen LogP contribution in [0.1, 0.15) is 23.8 Å². The second-order valence-electron chi connectivity index (χ2n) is 5.51. The van der Waals surface area contributed by atoms with Gasteiger partial charge in [-0.15, -0.1) is 11.3 Å². The number of pyridine rings is 1. The van der Waals surface area contributed by atoms with Gasteiger partial charge in [-0.25, -0.2) is 0 Å². The molecule has 1 saturated heterocycles. The minimum atomic E-state index is 0.336. The Bertz CT molecular complexity index is 726. The second-order valence-corrected chi connectivity index (χ2v) is 6.46. The van der Waals surface area contributed by atoms with E-state index >= 15 is 0 Å². The summed E-state index contributed by atoms with van der Waals surface area (Å²) < 4.78 is 5.48. The van der Waals surface area contributed by atoms with Gasteiger partial charge in [-0.1, -0.05) is 11.2 Å². The molecule has 0 spiro atoms. The van der Waals surface area contributed by atoms with Crippen molar-refractivity contribution in [3.63, 3.8) is 0 Å². The largest absolute Gasteiger partial charge is 0.339 e. The van der Waals surface area contributed by atoms with E-state index < -0.39 is 0 Å². The van der Waals surface area contributed by atoms with Crippen LogP contribution in [-0.4, -0.2) is 33.1 Å². The third-order valence-corrected chi connectivity index (χ3v) is 4.83. The lowest BCUT2D eigenvalue weighted by atomic mass is 10.1. The smallest absolute Gasteiger partial charge is 0.231 e. The fourth-order valence-corrected chi connectivity index (χ4v) is 3.48. The highest BCUT2D eigenvalue weighted by Crippen LogP contribution is 2.29. The summed E-state index contributed by atoms with van der Waals surface area (Å²) in [5, 5.41) is 6.13. The van der Waals surface area contributed by atoms with Gasteiger partial charge in [-0.3, -0.25) is 9.88 Å². The fraction of sp³-hybridized carbons (Fsp3) is 0.312. The Kier molecular flexibility index (Phi) is 3.70. The SMILES string of the molecule is c1csc(-c2noc([C@@H]3CCN(Cc4ccncc4)C3)n2)c1. The predicted octanol–water partition coefficient (Wildman–Crippen LogP) is 3.18. The number of nitrogens with zero attached hydrogens (tertiary/aromatic N) is 4. The molecule has 0 amide bonds. The van der Waals surface area contributed by atoms with E-state index in [0.29, 0.717) is 11.7 Å². The monoisotopic (exact) mass is 312 g/mol. The summed E-state index contributed by atoms with van der Waals surface area (Å²) in [6, 6.07) is 8.15. The van der Waals surface area contributed by atoms with E-state index in [1.54, 1.807) is 11.3 Å². The van der Waals surface area contributed by atoms with Crippen LogP contribution in [0.25, 0.3) is 10.7 Å². The maximum Gasteiger partial charge on any atom is 0.231 e. The third-order valence-electron chi connectivity index (χ3n) is 3.96. The minimum Gasteiger partial charge on any atom is -0.339 e. The van der Waals surface area contributed by atoms with E-state index in [1.807, 2.05) is 29.9 Å². The lowest BCUT2D eigenvalue weighted by molar-refractivity contribution is 0.309. The first-order chi connectivity index (χ1) is 10.9. The topological polar surface area (TPSA) is 55.1 Å². The van der Waals surface area contributed by atoms with Crippen LogP contribution in [0.2, 0.25) is 0 Å². The highest BCUT2D eigenvalue weighted by molar-refractivity contribution is 7.13. The Morgan fingerprint density at radius 2 is 2.18 bits per heavy atom. The molecule has 1 aliphatic rings. The van der Waals surface area contributed by atoms with Crippen molar-refractivity contribution in [3.8, 4) is 10.7 Å². The molecule has 1 atom stereocenters. The standard InChI is InChI=1S/C16H16N4OS/c1-2-14(22-9-1)15-18-16(21-19-15)13-5-8-20(11-13)10-12-3-6-17-7-4-12/h1-4,6-7,9,13H,5,8,10-11H2/t13-/m1/s1. The summed E-state index contributed by atoms with van der Waals surface area (Å²) in [7, 11) is 0. The molecule has 0 aromatic carbocycles. The molecule has 6 heteroatoms. The average molecular weight is 312 g/mol. The van der Waals surface area contributed by atoms with Gasteiger partial charge in [0.2, 0.25) is 11.7 Å². The number of rotatable bonds is 4. The van der Waals surface area contributed by atoms with Gasteiger partial charge in [0, 0.05) is 25.5 Å². The molecule has 22 heavy (non-hydrogen) atoms. The van der Waals surface area contributed by atoms with Gasteiger partial charge in [-0.2, -0.15) is 4.98 Å². The van der Waals surface area contributed by atoms with E-state index in [1.165, 1.54) is 5.56 Å².